The van der Waals surface area contributed by atoms with Gasteiger partial charge < -0.3 is 10.2 Å². The normalized spacial score (nSPS) is 9.94. The molecule has 1 amide bonds. The Bertz CT molecular complexity index is 437. The van der Waals surface area contributed by atoms with Gasteiger partial charge in [-0.25, -0.2) is 4.39 Å². The van der Waals surface area contributed by atoms with Gasteiger partial charge in [0, 0.05) is 0 Å². The van der Waals surface area contributed by atoms with Crippen LogP contribution in [0.1, 0.15) is 5.56 Å². The number of hydrogen-bond donors (Lipinski definition) is 1. The minimum Gasteiger partial charge on any atom is -0.322 e. The van der Waals surface area contributed by atoms with Gasteiger partial charge in [0.15, 0.2) is 0 Å². The molecule has 0 saturated heterocycles. The Labute approximate surface area is 93.3 Å². The van der Waals surface area contributed by atoms with Gasteiger partial charge in [-0.1, -0.05) is 0 Å². The summed E-state index contributed by atoms with van der Waals surface area (Å²) < 4.78 is 13.4. The highest BCUT2D eigenvalue weighted by atomic mass is 19.1. The molecule has 0 atom stereocenters. The number of rotatable bonds is 3. The first-order chi connectivity index (χ1) is 7.52. The van der Waals surface area contributed by atoms with Gasteiger partial charge in [-0.2, -0.15) is 5.26 Å². The molecule has 0 radical (unpaired) electrons. The van der Waals surface area contributed by atoms with Crippen LogP contribution >= 0.6 is 0 Å². The molecule has 4 nitrogen and oxygen atoms in total. The van der Waals surface area contributed by atoms with Crippen LogP contribution in [-0.4, -0.2) is 31.4 Å². The first-order valence-electron chi connectivity index (χ1n) is 4.67. The number of halogens is 1. The van der Waals surface area contributed by atoms with Crippen molar-refractivity contribution in [3.63, 3.8) is 0 Å². The van der Waals surface area contributed by atoms with Crippen LogP contribution in [0.25, 0.3) is 0 Å². The molecule has 0 unspecified atom stereocenters. The summed E-state index contributed by atoms with van der Waals surface area (Å²) in [6.07, 6.45) is 0. The maximum Gasteiger partial charge on any atom is 0.238 e. The number of amides is 1. The van der Waals surface area contributed by atoms with Crippen LogP contribution in [0.2, 0.25) is 0 Å². The Hall–Kier alpha value is -1.93. The molecular formula is C11H12FN3O. The number of carbonyl (C=O) groups excluding carboxylic acids is 1. The van der Waals surface area contributed by atoms with Crippen molar-refractivity contribution in [2.45, 2.75) is 0 Å². The molecular weight excluding hydrogens is 209 g/mol. The Morgan fingerprint density at radius 2 is 2.25 bits per heavy atom. The summed E-state index contributed by atoms with van der Waals surface area (Å²) in [7, 11) is 3.49. The molecule has 5 heteroatoms. The zero-order valence-electron chi connectivity index (χ0n) is 9.12. The van der Waals surface area contributed by atoms with E-state index < -0.39 is 5.82 Å². The van der Waals surface area contributed by atoms with E-state index in [4.69, 9.17) is 5.26 Å². The number of benzene rings is 1. The fourth-order valence-corrected chi connectivity index (χ4v) is 1.16. The Morgan fingerprint density at radius 3 is 2.75 bits per heavy atom. The Kier molecular flexibility index (Phi) is 3.97. The van der Waals surface area contributed by atoms with Gasteiger partial charge in [0.25, 0.3) is 0 Å². The number of carbonyl (C=O) groups is 1. The molecule has 0 aliphatic carbocycles. The van der Waals surface area contributed by atoms with Crippen LogP contribution in [0.15, 0.2) is 18.2 Å². The van der Waals surface area contributed by atoms with Gasteiger partial charge in [-0.3, -0.25) is 4.79 Å². The average Bonchev–Trinajstić information content (AvgIpc) is 2.19. The second-order valence-corrected chi connectivity index (χ2v) is 3.59. The minimum absolute atomic E-state index is 0.0888. The fraction of sp³-hybridized carbons (Fsp3) is 0.273. The predicted molar refractivity (Wildman–Crippen MR) is 58.3 cm³/mol. The average molecular weight is 221 g/mol. The predicted octanol–water partition coefficient (Wildman–Crippen LogP) is 1.20. The van der Waals surface area contributed by atoms with Crippen molar-refractivity contribution >= 4 is 11.6 Å². The lowest BCUT2D eigenvalue weighted by Crippen LogP contribution is -2.27. The third kappa shape index (κ3) is 3.33. The van der Waals surface area contributed by atoms with Gasteiger partial charge in [0.2, 0.25) is 5.91 Å². The highest BCUT2D eigenvalue weighted by Gasteiger charge is 2.08. The summed E-state index contributed by atoms with van der Waals surface area (Å²) in [4.78, 5) is 13.0. The van der Waals surface area contributed by atoms with Crippen LogP contribution in [0.3, 0.4) is 0 Å². The third-order valence-corrected chi connectivity index (χ3v) is 1.83. The number of likely N-dealkylation sites (N-methyl/N-ethyl adjacent to an activating group) is 1. The van der Waals surface area contributed by atoms with Crippen molar-refractivity contribution in [1.82, 2.24) is 4.90 Å². The molecule has 1 rings (SSSR count). The van der Waals surface area contributed by atoms with E-state index in [9.17, 15) is 9.18 Å². The van der Waals surface area contributed by atoms with Crippen molar-refractivity contribution in [2.75, 3.05) is 26.0 Å². The van der Waals surface area contributed by atoms with E-state index >= 15 is 0 Å². The maximum absolute atomic E-state index is 13.4. The fourth-order valence-electron chi connectivity index (χ4n) is 1.16. The molecule has 1 aromatic carbocycles. The summed E-state index contributed by atoms with van der Waals surface area (Å²) in [6, 6.07) is 5.74. The molecule has 1 aromatic rings. The minimum atomic E-state index is -0.605. The summed E-state index contributed by atoms with van der Waals surface area (Å²) in [6.45, 7) is 0.180. The van der Waals surface area contributed by atoms with Gasteiger partial charge in [-0.05, 0) is 32.3 Å². The number of hydrogen-bond acceptors (Lipinski definition) is 3. The smallest absolute Gasteiger partial charge is 0.238 e. The standard InChI is InChI=1S/C11H12FN3O/c1-15(2)7-11(16)14-10-4-3-8(6-13)5-9(10)12/h3-5H,7H2,1-2H3,(H,14,16). The van der Waals surface area contributed by atoms with E-state index in [0.717, 1.165) is 6.07 Å². The Balaban J connectivity index is 2.75. The van der Waals surface area contributed by atoms with E-state index in [0.29, 0.717) is 0 Å². The molecule has 0 aliphatic heterocycles. The molecule has 16 heavy (non-hydrogen) atoms. The summed E-state index contributed by atoms with van der Waals surface area (Å²) in [5.74, 6) is -0.903. The van der Waals surface area contributed by atoms with E-state index in [1.54, 1.807) is 19.0 Å². The quantitative estimate of drug-likeness (QED) is 0.834. The lowest BCUT2D eigenvalue weighted by Gasteiger charge is -2.10. The van der Waals surface area contributed by atoms with E-state index in [1.807, 2.05) is 6.07 Å². The van der Waals surface area contributed by atoms with Crippen LogP contribution in [-0.2, 0) is 4.79 Å². The number of nitrogens with one attached hydrogen (secondary N) is 1. The van der Waals surface area contributed by atoms with E-state index in [1.165, 1.54) is 12.1 Å². The highest BCUT2D eigenvalue weighted by molar-refractivity contribution is 5.92. The van der Waals surface area contributed by atoms with Crippen LogP contribution in [0.5, 0.6) is 0 Å². The maximum atomic E-state index is 13.4. The first kappa shape index (κ1) is 12.1. The second-order valence-electron chi connectivity index (χ2n) is 3.59. The molecule has 1 N–H and O–H groups in total. The number of nitriles is 1. The van der Waals surface area contributed by atoms with Crippen molar-refractivity contribution < 1.29 is 9.18 Å². The Morgan fingerprint density at radius 1 is 1.56 bits per heavy atom. The van der Waals surface area contributed by atoms with Crippen molar-refractivity contribution in [3.8, 4) is 6.07 Å². The largest absolute Gasteiger partial charge is 0.322 e. The van der Waals surface area contributed by atoms with E-state index in [2.05, 4.69) is 5.32 Å². The molecule has 0 heterocycles. The summed E-state index contributed by atoms with van der Waals surface area (Å²) in [5.41, 5.74) is 0.314. The van der Waals surface area contributed by atoms with Crippen LogP contribution < -0.4 is 5.32 Å². The van der Waals surface area contributed by atoms with Crippen molar-refractivity contribution in [1.29, 1.82) is 5.26 Å². The lowest BCUT2D eigenvalue weighted by atomic mass is 10.2. The molecule has 0 saturated carbocycles. The highest BCUT2D eigenvalue weighted by Crippen LogP contribution is 2.15. The van der Waals surface area contributed by atoms with Crippen LogP contribution in [0, 0.1) is 17.1 Å². The van der Waals surface area contributed by atoms with Gasteiger partial charge in [0.05, 0.1) is 23.9 Å². The zero-order chi connectivity index (χ0) is 12.1. The second kappa shape index (κ2) is 5.24. The lowest BCUT2D eigenvalue weighted by molar-refractivity contribution is -0.116. The molecule has 0 aromatic heterocycles. The molecule has 0 spiro atoms. The van der Waals surface area contributed by atoms with Crippen molar-refractivity contribution in [2.24, 2.45) is 0 Å². The number of anilines is 1. The molecule has 0 aliphatic rings. The third-order valence-electron chi connectivity index (χ3n) is 1.83. The molecule has 0 fully saturated rings. The monoisotopic (exact) mass is 221 g/mol. The molecule has 84 valence electrons. The number of nitrogens with zero attached hydrogens (tertiary/aromatic N) is 2. The zero-order valence-corrected chi connectivity index (χ0v) is 9.12. The van der Waals surface area contributed by atoms with E-state index in [-0.39, 0.29) is 23.7 Å². The summed E-state index contributed by atoms with van der Waals surface area (Å²) >= 11 is 0. The topological polar surface area (TPSA) is 56.1 Å². The van der Waals surface area contributed by atoms with Gasteiger partial charge in [0.1, 0.15) is 5.82 Å². The SMILES string of the molecule is CN(C)CC(=O)Nc1ccc(C#N)cc1F. The summed E-state index contributed by atoms with van der Waals surface area (Å²) in [5, 5.41) is 11.0. The first-order valence-corrected chi connectivity index (χ1v) is 4.67. The molecule has 0 bridgehead atoms. The van der Waals surface area contributed by atoms with Crippen LogP contribution in [0.4, 0.5) is 10.1 Å². The van der Waals surface area contributed by atoms with Gasteiger partial charge in [-0.15, -0.1) is 0 Å². The van der Waals surface area contributed by atoms with Crippen molar-refractivity contribution in [3.05, 3.63) is 29.6 Å². The van der Waals surface area contributed by atoms with Gasteiger partial charge >= 0.3 is 0 Å².